The molecular formula is C22H19Cl2N3O6. The summed E-state index contributed by atoms with van der Waals surface area (Å²) in [6.45, 7) is 0.0624. The van der Waals surface area contributed by atoms with Crippen LogP contribution in [0.15, 0.2) is 54.6 Å². The van der Waals surface area contributed by atoms with Crippen molar-refractivity contribution in [2.45, 2.75) is 25.1 Å². The van der Waals surface area contributed by atoms with Gasteiger partial charge in [-0.05, 0) is 35.7 Å². The first kappa shape index (κ1) is 24.2. The minimum absolute atomic E-state index is 0.0624. The lowest BCUT2D eigenvalue weighted by Crippen LogP contribution is -2.48. The fourth-order valence-electron chi connectivity index (χ4n) is 3.14. The fraction of sp³-hybridized carbons (Fsp3) is 0.182. The molecule has 0 aliphatic rings. The van der Waals surface area contributed by atoms with Gasteiger partial charge in [0.2, 0.25) is 0 Å². The van der Waals surface area contributed by atoms with E-state index in [4.69, 9.17) is 23.2 Å². The summed E-state index contributed by atoms with van der Waals surface area (Å²) in [4.78, 5) is 35.8. The average molecular weight is 492 g/mol. The van der Waals surface area contributed by atoms with Crippen LogP contribution >= 0.6 is 23.2 Å². The number of carboxylic acids is 2. The molecule has 0 saturated carbocycles. The normalized spacial score (nSPS) is 12.7. The quantitative estimate of drug-likeness (QED) is 0.360. The number of hydrogen-bond acceptors (Lipinski definition) is 5. The molecule has 2 aromatic carbocycles. The Morgan fingerprint density at radius 3 is 2.30 bits per heavy atom. The van der Waals surface area contributed by atoms with Crippen molar-refractivity contribution >= 4 is 41.0 Å². The van der Waals surface area contributed by atoms with Crippen LogP contribution in [0.3, 0.4) is 0 Å². The SMILES string of the molecule is O=C(N[C@H](Cc1ccccc1Cl)[C@@H](O)C(=O)O)c1cc(C(=O)O)n(Cc2ccc(Cl)cc2)n1. The van der Waals surface area contributed by atoms with Gasteiger partial charge in [0.25, 0.3) is 5.91 Å². The second kappa shape index (κ2) is 10.5. The van der Waals surface area contributed by atoms with Gasteiger partial charge in [-0.25, -0.2) is 9.59 Å². The van der Waals surface area contributed by atoms with Crippen molar-refractivity contribution in [3.8, 4) is 0 Å². The van der Waals surface area contributed by atoms with Crippen LogP contribution in [0.25, 0.3) is 0 Å². The van der Waals surface area contributed by atoms with E-state index in [0.29, 0.717) is 21.2 Å². The van der Waals surface area contributed by atoms with Gasteiger partial charge in [-0.2, -0.15) is 5.10 Å². The molecule has 3 aromatic rings. The van der Waals surface area contributed by atoms with E-state index < -0.39 is 30.0 Å². The third kappa shape index (κ3) is 6.10. The largest absolute Gasteiger partial charge is 0.479 e. The number of carboxylic acid groups (broad SMARTS) is 2. The van der Waals surface area contributed by atoms with E-state index in [-0.39, 0.29) is 24.4 Å². The molecule has 0 aliphatic carbocycles. The minimum Gasteiger partial charge on any atom is -0.479 e. The van der Waals surface area contributed by atoms with Gasteiger partial charge in [0.1, 0.15) is 5.69 Å². The van der Waals surface area contributed by atoms with Gasteiger partial charge in [-0.1, -0.05) is 53.5 Å². The number of nitrogens with one attached hydrogen (secondary N) is 1. The van der Waals surface area contributed by atoms with Crippen molar-refractivity contribution in [1.29, 1.82) is 0 Å². The number of aliphatic carboxylic acids is 1. The summed E-state index contributed by atoms with van der Waals surface area (Å²) in [6, 6.07) is 13.1. The Bertz CT molecular complexity index is 1180. The first-order valence-electron chi connectivity index (χ1n) is 9.66. The van der Waals surface area contributed by atoms with Crippen molar-refractivity contribution in [2.24, 2.45) is 0 Å². The molecule has 1 heterocycles. The van der Waals surface area contributed by atoms with Crippen LogP contribution in [0.1, 0.15) is 32.1 Å². The number of aromatic nitrogens is 2. The van der Waals surface area contributed by atoms with Crippen LogP contribution in [0.4, 0.5) is 0 Å². The Morgan fingerprint density at radius 2 is 1.70 bits per heavy atom. The van der Waals surface area contributed by atoms with Crippen LogP contribution in [-0.4, -0.2) is 55.1 Å². The number of rotatable bonds is 9. The summed E-state index contributed by atoms with van der Waals surface area (Å²) in [7, 11) is 0. The number of aliphatic hydroxyl groups excluding tert-OH is 1. The Kier molecular flexibility index (Phi) is 7.70. The van der Waals surface area contributed by atoms with Crippen molar-refractivity contribution in [3.05, 3.63) is 87.2 Å². The molecule has 0 spiro atoms. The van der Waals surface area contributed by atoms with E-state index in [1.54, 1.807) is 48.5 Å². The van der Waals surface area contributed by atoms with Gasteiger partial charge < -0.3 is 20.6 Å². The van der Waals surface area contributed by atoms with E-state index in [2.05, 4.69) is 10.4 Å². The number of hydrogen-bond donors (Lipinski definition) is 4. The molecule has 4 N–H and O–H groups in total. The predicted octanol–water partition coefficient (Wildman–Crippen LogP) is 2.72. The second-order valence-corrected chi connectivity index (χ2v) is 8.01. The van der Waals surface area contributed by atoms with Gasteiger partial charge in [0, 0.05) is 16.1 Å². The first-order valence-corrected chi connectivity index (χ1v) is 10.4. The molecule has 9 nitrogen and oxygen atoms in total. The summed E-state index contributed by atoms with van der Waals surface area (Å²) < 4.78 is 1.14. The Balaban J connectivity index is 1.85. The Hall–Kier alpha value is -3.40. The molecule has 172 valence electrons. The summed E-state index contributed by atoms with van der Waals surface area (Å²) in [6.07, 6.45) is -2.00. The molecule has 2 atom stereocenters. The molecule has 0 fully saturated rings. The predicted molar refractivity (Wildman–Crippen MR) is 120 cm³/mol. The van der Waals surface area contributed by atoms with Crippen LogP contribution in [0, 0.1) is 0 Å². The smallest absolute Gasteiger partial charge is 0.354 e. The third-order valence-electron chi connectivity index (χ3n) is 4.83. The molecule has 0 aliphatic heterocycles. The lowest BCUT2D eigenvalue weighted by Gasteiger charge is -2.21. The summed E-state index contributed by atoms with van der Waals surface area (Å²) >= 11 is 12.0. The number of halogens is 2. The zero-order chi connectivity index (χ0) is 24.1. The van der Waals surface area contributed by atoms with E-state index in [9.17, 15) is 29.7 Å². The number of carbonyl (C=O) groups excluding carboxylic acids is 1. The number of carbonyl (C=O) groups is 3. The van der Waals surface area contributed by atoms with E-state index in [1.165, 1.54) is 0 Å². The van der Waals surface area contributed by atoms with Gasteiger partial charge in [-0.3, -0.25) is 9.48 Å². The highest BCUT2D eigenvalue weighted by molar-refractivity contribution is 6.31. The molecule has 0 unspecified atom stereocenters. The van der Waals surface area contributed by atoms with Crippen molar-refractivity contribution < 1.29 is 29.7 Å². The van der Waals surface area contributed by atoms with Gasteiger partial charge in [0.15, 0.2) is 11.8 Å². The number of aromatic carboxylic acids is 1. The minimum atomic E-state index is -1.93. The lowest BCUT2D eigenvalue weighted by atomic mass is 10.0. The monoisotopic (exact) mass is 491 g/mol. The molecule has 1 amide bonds. The fourth-order valence-corrected chi connectivity index (χ4v) is 3.48. The van der Waals surface area contributed by atoms with Gasteiger partial charge >= 0.3 is 11.9 Å². The van der Waals surface area contributed by atoms with E-state index in [0.717, 1.165) is 10.7 Å². The van der Waals surface area contributed by atoms with Gasteiger partial charge in [-0.15, -0.1) is 0 Å². The molecule has 11 heteroatoms. The highest BCUT2D eigenvalue weighted by atomic mass is 35.5. The standard InChI is InChI=1S/C22H19Cl2N3O6/c23-14-7-5-12(6-8-14)11-27-18(21(30)31)10-17(26-27)20(29)25-16(19(28)22(32)33)9-13-3-1-2-4-15(13)24/h1-8,10,16,19,28H,9,11H2,(H,25,29)(H,30,31)(H,32,33)/t16-,19-/m1/s1. The molecule has 0 radical (unpaired) electrons. The zero-order valence-corrected chi connectivity index (χ0v) is 18.5. The maximum absolute atomic E-state index is 12.8. The zero-order valence-electron chi connectivity index (χ0n) is 17.0. The Morgan fingerprint density at radius 1 is 1.03 bits per heavy atom. The van der Waals surface area contributed by atoms with E-state index in [1.807, 2.05) is 0 Å². The average Bonchev–Trinajstić information content (AvgIpc) is 3.20. The molecule has 33 heavy (non-hydrogen) atoms. The van der Waals surface area contributed by atoms with Gasteiger partial charge in [0.05, 0.1) is 12.6 Å². The number of nitrogens with zero attached hydrogens (tertiary/aromatic N) is 2. The number of benzene rings is 2. The number of aliphatic hydroxyl groups is 1. The summed E-state index contributed by atoms with van der Waals surface area (Å²) in [5.41, 5.74) is 0.735. The molecular weight excluding hydrogens is 473 g/mol. The lowest BCUT2D eigenvalue weighted by molar-refractivity contribution is -0.148. The maximum atomic E-state index is 12.8. The first-order chi connectivity index (χ1) is 15.7. The highest BCUT2D eigenvalue weighted by Crippen LogP contribution is 2.18. The molecule has 3 rings (SSSR count). The van der Waals surface area contributed by atoms with Crippen molar-refractivity contribution in [1.82, 2.24) is 15.1 Å². The molecule has 0 bridgehead atoms. The summed E-state index contributed by atoms with van der Waals surface area (Å²) in [5, 5.41) is 36.2. The van der Waals surface area contributed by atoms with E-state index >= 15 is 0 Å². The topological polar surface area (TPSA) is 142 Å². The van der Waals surface area contributed by atoms with Crippen molar-refractivity contribution in [2.75, 3.05) is 0 Å². The Labute approximate surface area is 198 Å². The van der Waals surface area contributed by atoms with Crippen molar-refractivity contribution in [3.63, 3.8) is 0 Å². The molecule has 1 aromatic heterocycles. The highest BCUT2D eigenvalue weighted by Gasteiger charge is 2.30. The van der Waals surface area contributed by atoms with Crippen LogP contribution < -0.4 is 5.32 Å². The summed E-state index contributed by atoms with van der Waals surface area (Å²) in [5.74, 6) is -3.68. The number of amides is 1. The van der Waals surface area contributed by atoms with Crippen LogP contribution in [0.5, 0.6) is 0 Å². The maximum Gasteiger partial charge on any atom is 0.354 e. The third-order valence-corrected chi connectivity index (χ3v) is 5.45. The van der Waals surface area contributed by atoms with Crippen LogP contribution in [0.2, 0.25) is 10.0 Å². The van der Waals surface area contributed by atoms with Crippen LogP contribution in [-0.2, 0) is 17.8 Å². The molecule has 0 saturated heterocycles. The second-order valence-electron chi connectivity index (χ2n) is 7.16.